The van der Waals surface area contributed by atoms with Gasteiger partial charge in [-0.15, -0.1) is 0 Å². The van der Waals surface area contributed by atoms with E-state index in [1.54, 1.807) is 0 Å². The van der Waals surface area contributed by atoms with Gasteiger partial charge in [-0.2, -0.15) is 0 Å². The summed E-state index contributed by atoms with van der Waals surface area (Å²) in [6.45, 7) is 9.22. The van der Waals surface area contributed by atoms with Crippen molar-refractivity contribution >= 4 is 0 Å². The Kier molecular flexibility index (Phi) is 1.47. The van der Waals surface area contributed by atoms with E-state index < -0.39 is 0 Å². The highest BCUT2D eigenvalue weighted by atomic mass is 16.1. The second-order valence-electron chi connectivity index (χ2n) is 6.51. The SMILES string of the molecule is Cn1[nH]c(=O)c2c1[C@]1(C)CCC2(C)C1(C)C. The first-order valence-electron chi connectivity index (χ1n) is 6.06. The molecule has 2 bridgehead atoms. The molecule has 2 aliphatic rings. The zero-order valence-corrected chi connectivity index (χ0v) is 10.8. The van der Waals surface area contributed by atoms with Crippen molar-refractivity contribution in [3.05, 3.63) is 21.6 Å². The number of nitrogens with one attached hydrogen (secondary N) is 1. The molecule has 1 unspecified atom stereocenters. The molecule has 3 nitrogen and oxygen atoms in total. The molecule has 1 aromatic rings. The fraction of sp³-hybridized carbons (Fsp3) is 0.769. The van der Waals surface area contributed by atoms with Gasteiger partial charge in [0.15, 0.2) is 0 Å². The molecular formula is C13H20N2O. The van der Waals surface area contributed by atoms with E-state index in [9.17, 15) is 4.79 Å². The van der Waals surface area contributed by atoms with E-state index >= 15 is 0 Å². The molecule has 0 radical (unpaired) electrons. The van der Waals surface area contributed by atoms with E-state index in [2.05, 4.69) is 32.8 Å². The van der Waals surface area contributed by atoms with Crippen LogP contribution in [0.25, 0.3) is 0 Å². The number of aromatic amines is 1. The maximum atomic E-state index is 12.1. The number of H-pyrrole nitrogens is 1. The van der Waals surface area contributed by atoms with E-state index in [-0.39, 0.29) is 21.8 Å². The van der Waals surface area contributed by atoms with Gasteiger partial charge in [-0.05, 0) is 18.3 Å². The molecule has 3 heteroatoms. The van der Waals surface area contributed by atoms with Gasteiger partial charge in [-0.1, -0.05) is 27.7 Å². The molecule has 1 aromatic heterocycles. The second-order valence-corrected chi connectivity index (χ2v) is 6.51. The first-order chi connectivity index (χ1) is 7.26. The van der Waals surface area contributed by atoms with Crippen LogP contribution in [0.3, 0.4) is 0 Å². The summed E-state index contributed by atoms with van der Waals surface area (Å²) in [7, 11) is 1.96. The minimum absolute atomic E-state index is 0.0475. The average molecular weight is 220 g/mol. The van der Waals surface area contributed by atoms with Gasteiger partial charge in [0.25, 0.3) is 5.56 Å². The zero-order valence-electron chi connectivity index (χ0n) is 10.8. The summed E-state index contributed by atoms with van der Waals surface area (Å²) in [6.07, 6.45) is 2.32. The lowest BCUT2D eigenvalue weighted by Crippen LogP contribution is -2.40. The average Bonchev–Trinajstić information content (AvgIpc) is 2.61. The van der Waals surface area contributed by atoms with Gasteiger partial charge in [0.1, 0.15) is 0 Å². The number of fused-ring (bicyclic) bond motifs is 5. The zero-order chi connectivity index (χ0) is 11.9. The Morgan fingerprint density at radius 2 is 1.69 bits per heavy atom. The fourth-order valence-corrected chi connectivity index (χ4v) is 4.28. The summed E-state index contributed by atoms with van der Waals surface area (Å²) in [5.41, 5.74) is 2.79. The van der Waals surface area contributed by atoms with Crippen LogP contribution in [0.15, 0.2) is 4.79 Å². The Balaban J connectivity index is 2.47. The molecule has 0 aliphatic heterocycles. The Labute approximate surface area is 95.8 Å². The first kappa shape index (κ1) is 10.2. The van der Waals surface area contributed by atoms with Crippen LogP contribution in [0.5, 0.6) is 0 Å². The van der Waals surface area contributed by atoms with Crippen LogP contribution < -0.4 is 5.56 Å². The fourth-order valence-electron chi connectivity index (χ4n) is 4.28. The molecule has 88 valence electrons. The second kappa shape index (κ2) is 2.31. The van der Waals surface area contributed by atoms with Crippen LogP contribution >= 0.6 is 0 Å². The summed E-state index contributed by atoms with van der Waals surface area (Å²) in [5.74, 6) is 0. The Bertz CT molecular complexity index is 537. The normalized spacial score (nSPS) is 39.1. The molecular weight excluding hydrogens is 200 g/mol. The third kappa shape index (κ3) is 0.694. The molecule has 1 heterocycles. The molecule has 3 rings (SSSR count). The first-order valence-corrected chi connectivity index (χ1v) is 6.06. The van der Waals surface area contributed by atoms with Crippen LogP contribution in [-0.4, -0.2) is 9.78 Å². The van der Waals surface area contributed by atoms with Gasteiger partial charge in [-0.3, -0.25) is 14.6 Å². The predicted molar refractivity (Wildman–Crippen MR) is 63.8 cm³/mol. The van der Waals surface area contributed by atoms with Crippen molar-refractivity contribution in [3.63, 3.8) is 0 Å². The molecule has 1 N–H and O–H groups in total. The molecule has 2 aliphatic carbocycles. The van der Waals surface area contributed by atoms with Gasteiger partial charge in [0.05, 0.1) is 5.69 Å². The van der Waals surface area contributed by atoms with Crippen molar-refractivity contribution in [1.29, 1.82) is 0 Å². The van der Waals surface area contributed by atoms with Crippen molar-refractivity contribution < 1.29 is 0 Å². The van der Waals surface area contributed by atoms with Crippen molar-refractivity contribution in [2.75, 3.05) is 0 Å². The number of hydrogen-bond donors (Lipinski definition) is 1. The molecule has 0 aromatic carbocycles. The standard InChI is InChI=1S/C13H20N2O/c1-11(2)12(3)6-7-13(11,4)9-8(12)10(16)14-15(9)5/h6-7H2,1-5H3,(H,14,16)/t12?,13-/m0/s1. The highest BCUT2D eigenvalue weighted by Gasteiger charge is 2.68. The predicted octanol–water partition coefficient (Wildman–Crippen LogP) is 2.06. The Hall–Kier alpha value is -0.990. The van der Waals surface area contributed by atoms with Crippen LogP contribution in [0.4, 0.5) is 0 Å². The van der Waals surface area contributed by atoms with Gasteiger partial charge >= 0.3 is 0 Å². The van der Waals surface area contributed by atoms with E-state index in [0.717, 1.165) is 12.0 Å². The van der Waals surface area contributed by atoms with Crippen LogP contribution in [0, 0.1) is 5.41 Å². The Morgan fingerprint density at radius 3 is 2.25 bits per heavy atom. The molecule has 1 saturated carbocycles. The highest BCUT2D eigenvalue weighted by Crippen LogP contribution is 2.69. The number of aryl methyl sites for hydroxylation is 1. The molecule has 2 atom stereocenters. The lowest BCUT2D eigenvalue weighted by molar-refractivity contribution is 0.165. The molecule has 0 amide bonds. The number of nitrogens with zero attached hydrogens (tertiary/aromatic N) is 1. The van der Waals surface area contributed by atoms with Gasteiger partial charge in [0.2, 0.25) is 0 Å². The maximum absolute atomic E-state index is 12.1. The molecule has 16 heavy (non-hydrogen) atoms. The Morgan fingerprint density at radius 1 is 1.12 bits per heavy atom. The van der Waals surface area contributed by atoms with Gasteiger partial charge < -0.3 is 0 Å². The highest BCUT2D eigenvalue weighted by molar-refractivity contribution is 5.48. The maximum Gasteiger partial charge on any atom is 0.268 e. The minimum Gasteiger partial charge on any atom is -0.291 e. The van der Waals surface area contributed by atoms with Crippen LogP contribution in [0.2, 0.25) is 0 Å². The summed E-state index contributed by atoms with van der Waals surface area (Å²) in [6, 6.07) is 0. The molecule has 0 spiro atoms. The topological polar surface area (TPSA) is 37.8 Å². The van der Waals surface area contributed by atoms with Crippen molar-refractivity contribution in [2.24, 2.45) is 12.5 Å². The van der Waals surface area contributed by atoms with E-state index in [1.807, 2.05) is 11.7 Å². The third-order valence-electron chi connectivity index (χ3n) is 6.03. The van der Waals surface area contributed by atoms with Gasteiger partial charge in [-0.25, -0.2) is 0 Å². The number of aromatic nitrogens is 2. The minimum atomic E-state index is 0.0475. The lowest BCUT2D eigenvalue weighted by Gasteiger charge is -2.39. The summed E-state index contributed by atoms with van der Waals surface area (Å²) in [5, 5.41) is 2.93. The van der Waals surface area contributed by atoms with Crippen molar-refractivity contribution in [2.45, 2.75) is 51.4 Å². The summed E-state index contributed by atoms with van der Waals surface area (Å²) in [4.78, 5) is 12.1. The summed E-state index contributed by atoms with van der Waals surface area (Å²) < 4.78 is 1.95. The van der Waals surface area contributed by atoms with Crippen molar-refractivity contribution in [3.8, 4) is 0 Å². The quantitative estimate of drug-likeness (QED) is 0.714. The molecule has 0 saturated heterocycles. The van der Waals surface area contributed by atoms with Crippen molar-refractivity contribution in [1.82, 2.24) is 9.78 Å². The summed E-state index contributed by atoms with van der Waals surface area (Å²) >= 11 is 0. The smallest absolute Gasteiger partial charge is 0.268 e. The van der Waals surface area contributed by atoms with E-state index in [0.29, 0.717) is 0 Å². The number of hydrogen-bond acceptors (Lipinski definition) is 1. The van der Waals surface area contributed by atoms with Crippen LogP contribution in [0.1, 0.15) is 51.8 Å². The molecule has 1 fully saturated rings. The van der Waals surface area contributed by atoms with E-state index in [4.69, 9.17) is 0 Å². The van der Waals surface area contributed by atoms with Crippen LogP contribution in [-0.2, 0) is 17.9 Å². The largest absolute Gasteiger partial charge is 0.291 e. The third-order valence-corrected chi connectivity index (χ3v) is 6.03. The monoisotopic (exact) mass is 220 g/mol. The number of rotatable bonds is 0. The lowest BCUT2D eigenvalue weighted by atomic mass is 9.64. The van der Waals surface area contributed by atoms with Gasteiger partial charge in [0, 0.05) is 23.4 Å². The van der Waals surface area contributed by atoms with E-state index in [1.165, 1.54) is 12.1 Å².